The van der Waals surface area contributed by atoms with Gasteiger partial charge in [0.1, 0.15) is 6.54 Å². The normalized spacial score (nSPS) is 10.4. The first kappa shape index (κ1) is 18.5. The van der Waals surface area contributed by atoms with Crippen molar-refractivity contribution in [3.8, 4) is 11.3 Å². The molecule has 0 aliphatic carbocycles. The van der Waals surface area contributed by atoms with Crippen molar-refractivity contribution in [3.05, 3.63) is 81.6 Å². The Morgan fingerprint density at radius 3 is 2.30 bits per heavy atom. The summed E-state index contributed by atoms with van der Waals surface area (Å²) in [5, 5.41) is 7.51. The number of Topliss-reactive ketones (excluding diaryl/α,β-unsaturated/α-hetero) is 1. The molecule has 0 saturated carbocycles. The molecule has 136 valence electrons. The molecule has 0 spiro atoms. The number of rotatable bonds is 5. The molecule has 1 aromatic heterocycles. The van der Waals surface area contributed by atoms with Crippen LogP contribution < -0.4 is 10.9 Å². The van der Waals surface area contributed by atoms with Crippen molar-refractivity contribution in [2.75, 3.05) is 5.32 Å². The molecule has 0 radical (unpaired) electrons. The van der Waals surface area contributed by atoms with Gasteiger partial charge in [-0.3, -0.25) is 14.4 Å². The fraction of sp³-hybridized carbons (Fsp3) is 0.100. The lowest BCUT2D eigenvalue weighted by atomic mass is 10.1. The monoisotopic (exact) mass is 381 g/mol. The molecule has 27 heavy (non-hydrogen) atoms. The van der Waals surface area contributed by atoms with Crippen molar-refractivity contribution < 1.29 is 9.59 Å². The Balaban J connectivity index is 1.81. The summed E-state index contributed by atoms with van der Waals surface area (Å²) in [6, 6.07) is 16.5. The first-order valence-corrected chi connectivity index (χ1v) is 8.55. The van der Waals surface area contributed by atoms with Crippen molar-refractivity contribution in [2.45, 2.75) is 13.5 Å². The molecule has 0 atom stereocenters. The van der Waals surface area contributed by atoms with Gasteiger partial charge in [0.25, 0.3) is 5.56 Å². The fourth-order valence-corrected chi connectivity index (χ4v) is 2.63. The van der Waals surface area contributed by atoms with Crippen LogP contribution in [-0.4, -0.2) is 21.5 Å². The molecule has 0 fully saturated rings. The Kier molecular flexibility index (Phi) is 5.47. The van der Waals surface area contributed by atoms with Gasteiger partial charge in [0, 0.05) is 34.8 Å². The smallest absolute Gasteiger partial charge is 0.267 e. The molecule has 0 unspecified atom stereocenters. The van der Waals surface area contributed by atoms with E-state index in [1.54, 1.807) is 54.6 Å². The number of benzene rings is 2. The quantitative estimate of drug-likeness (QED) is 0.687. The average Bonchev–Trinajstić information content (AvgIpc) is 2.64. The second-order valence-electron chi connectivity index (χ2n) is 5.90. The number of halogens is 1. The van der Waals surface area contributed by atoms with Crippen LogP contribution in [0.4, 0.5) is 5.69 Å². The van der Waals surface area contributed by atoms with E-state index in [2.05, 4.69) is 10.4 Å². The van der Waals surface area contributed by atoms with Gasteiger partial charge in [-0.25, -0.2) is 4.68 Å². The highest BCUT2D eigenvalue weighted by atomic mass is 35.5. The Morgan fingerprint density at radius 1 is 1.00 bits per heavy atom. The molecular weight excluding hydrogens is 366 g/mol. The summed E-state index contributed by atoms with van der Waals surface area (Å²) in [5.74, 6) is -0.448. The molecule has 7 heteroatoms. The zero-order valence-electron chi connectivity index (χ0n) is 14.5. The van der Waals surface area contributed by atoms with Gasteiger partial charge in [0.05, 0.1) is 5.69 Å². The summed E-state index contributed by atoms with van der Waals surface area (Å²) in [6.45, 7) is 1.23. The zero-order chi connectivity index (χ0) is 19.4. The maximum Gasteiger partial charge on any atom is 0.267 e. The molecule has 1 amide bonds. The van der Waals surface area contributed by atoms with Crippen molar-refractivity contribution in [3.63, 3.8) is 0 Å². The third-order valence-corrected chi connectivity index (χ3v) is 4.08. The van der Waals surface area contributed by atoms with Crippen LogP contribution in [0, 0.1) is 0 Å². The van der Waals surface area contributed by atoms with Gasteiger partial charge in [0.2, 0.25) is 5.91 Å². The number of hydrogen-bond acceptors (Lipinski definition) is 4. The van der Waals surface area contributed by atoms with Crippen molar-refractivity contribution in [1.82, 2.24) is 9.78 Å². The predicted molar refractivity (Wildman–Crippen MR) is 104 cm³/mol. The lowest BCUT2D eigenvalue weighted by Crippen LogP contribution is -2.26. The van der Waals surface area contributed by atoms with E-state index in [9.17, 15) is 14.4 Å². The molecule has 0 aliphatic heterocycles. The van der Waals surface area contributed by atoms with Gasteiger partial charge in [0.15, 0.2) is 5.78 Å². The van der Waals surface area contributed by atoms with Crippen LogP contribution in [-0.2, 0) is 11.3 Å². The fourth-order valence-electron chi connectivity index (χ4n) is 2.51. The highest BCUT2D eigenvalue weighted by molar-refractivity contribution is 6.30. The van der Waals surface area contributed by atoms with Crippen LogP contribution in [0.3, 0.4) is 0 Å². The standard InChI is InChI=1S/C20H16ClN3O3/c1-13(25)22-17-8-4-15(5-9-17)19(26)12-24-20(27)11-10-18(23-24)14-2-6-16(21)7-3-14/h2-11H,12H2,1H3,(H,22,25). The average molecular weight is 382 g/mol. The van der Waals surface area contributed by atoms with E-state index < -0.39 is 0 Å². The van der Waals surface area contributed by atoms with Gasteiger partial charge in [-0.05, 0) is 42.5 Å². The van der Waals surface area contributed by atoms with Crippen molar-refractivity contribution in [1.29, 1.82) is 0 Å². The van der Waals surface area contributed by atoms with E-state index in [0.717, 1.165) is 10.2 Å². The van der Waals surface area contributed by atoms with Gasteiger partial charge in [-0.1, -0.05) is 23.7 Å². The van der Waals surface area contributed by atoms with Gasteiger partial charge in [-0.2, -0.15) is 5.10 Å². The lowest BCUT2D eigenvalue weighted by Gasteiger charge is -2.08. The van der Waals surface area contributed by atoms with Gasteiger partial charge < -0.3 is 5.32 Å². The van der Waals surface area contributed by atoms with Crippen LogP contribution in [0.25, 0.3) is 11.3 Å². The minimum atomic E-state index is -0.365. The number of anilines is 1. The Labute approximate surface area is 160 Å². The number of carbonyl (C=O) groups excluding carboxylic acids is 2. The van der Waals surface area contributed by atoms with Gasteiger partial charge in [-0.15, -0.1) is 0 Å². The van der Waals surface area contributed by atoms with E-state index in [1.807, 2.05) is 0 Å². The summed E-state index contributed by atoms with van der Waals surface area (Å²) < 4.78 is 1.13. The minimum absolute atomic E-state index is 0.181. The van der Waals surface area contributed by atoms with Crippen LogP contribution >= 0.6 is 11.6 Å². The SMILES string of the molecule is CC(=O)Nc1ccc(C(=O)Cn2nc(-c3ccc(Cl)cc3)ccc2=O)cc1. The van der Waals surface area contributed by atoms with E-state index in [0.29, 0.717) is 22.0 Å². The zero-order valence-corrected chi connectivity index (χ0v) is 15.2. The number of hydrogen-bond donors (Lipinski definition) is 1. The van der Waals surface area contributed by atoms with Crippen molar-refractivity contribution >= 4 is 29.0 Å². The largest absolute Gasteiger partial charge is 0.326 e. The van der Waals surface area contributed by atoms with Crippen LogP contribution in [0.15, 0.2) is 65.5 Å². The molecule has 2 aromatic carbocycles. The van der Waals surface area contributed by atoms with E-state index in [4.69, 9.17) is 11.6 Å². The van der Waals surface area contributed by atoms with Crippen LogP contribution in [0.5, 0.6) is 0 Å². The third-order valence-electron chi connectivity index (χ3n) is 3.83. The van der Waals surface area contributed by atoms with Crippen LogP contribution in [0.2, 0.25) is 5.02 Å². The second-order valence-corrected chi connectivity index (χ2v) is 6.34. The maximum absolute atomic E-state index is 12.5. The number of nitrogens with one attached hydrogen (secondary N) is 1. The summed E-state index contributed by atoms with van der Waals surface area (Å²) in [5.41, 5.74) is 2.02. The molecule has 3 aromatic rings. The topological polar surface area (TPSA) is 81.1 Å². The summed E-state index contributed by atoms with van der Waals surface area (Å²) in [7, 11) is 0. The molecule has 3 rings (SSSR count). The highest BCUT2D eigenvalue weighted by Gasteiger charge is 2.11. The molecule has 1 heterocycles. The maximum atomic E-state index is 12.5. The first-order valence-electron chi connectivity index (χ1n) is 8.17. The number of amides is 1. The number of nitrogens with zero attached hydrogens (tertiary/aromatic N) is 2. The Morgan fingerprint density at radius 2 is 1.67 bits per heavy atom. The third kappa shape index (κ3) is 4.68. The number of carbonyl (C=O) groups is 2. The Hall–Kier alpha value is -3.25. The number of ketones is 1. The lowest BCUT2D eigenvalue weighted by molar-refractivity contribution is -0.114. The molecular formula is C20H16ClN3O3. The molecule has 6 nitrogen and oxygen atoms in total. The predicted octanol–water partition coefficient (Wildman–Crippen LogP) is 3.41. The van der Waals surface area contributed by atoms with E-state index in [1.165, 1.54) is 13.0 Å². The molecule has 0 aliphatic rings. The number of aromatic nitrogens is 2. The van der Waals surface area contributed by atoms with E-state index >= 15 is 0 Å². The molecule has 0 saturated heterocycles. The molecule has 0 bridgehead atoms. The Bertz CT molecular complexity index is 1040. The minimum Gasteiger partial charge on any atom is -0.326 e. The molecule has 1 N–H and O–H groups in total. The van der Waals surface area contributed by atoms with Crippen molar-refractivity contribution in [2.24, 2.45) is 0 Å². The highest BCUT2D eigenvalue weighted by Crippen LogP contribution is 2.18. The summed E-state index contributed by atoms with van der Waals surface area (Å²) >= 11 is 5.89. The van der Waals surface area contributed by atoms with E-state index in [-0.39, 0.29) is 23.8 Å². The summed E-state index contributed by atoms with van der Waals surface area (Å²) in [4.78, 5) is 35.6. The summed E-state index contributed by atoms with van der Waals surface area (Å²) in [6.07, 6.45) is 0. The first-order chi connectivity index (χ1) is 12.9. The van der Waals surface area contributed by atoms with Gasteiger partial charge >= 0.3 is 0 Å². The second kappa shape index (κ2) is 7.97. The van der Waals surface area contributed by atoms with Crippen LogP contribution in [0.1, 0.15) is 17.3 Å².